The van der Waals surface area contributed by atoms with E-state index in [4.69, 9.17) is 4.98 Å². The maximum absolute atomic E-state index is 4.79. The lowest BCUT2D eigenvalue weighted by molar-refractivity contribution is 0.277. The van der Waals surface area contributed by atoms with Gasteiger partial charge in [0.2, 0.25) is 0 Å². The van der Waals surface area contributed by atoms with E-state index in [1.54, 1.807) is 0 Å². The summed E-state index contributed by atoms with van der Waals surface area (Å²) in [5.41, 5.74) is 2.37. The molecule has 20 heavy (non-hydrogen) atoms. The molecule has 0 bridgehead atoms. The summed E-state index contributed by atoms with van der Waals surface area (Å²) in [6.07, 6.45) is 5.44. The van der Waals surface area contributed by atoms with Crippen LogP contribution in [0.15, 0.2) is 24.3 Å². The first-order valence-electron chi connectivity index (χ1n) is 7.97. The molecule has 1 aliphatic rings. The normalized spacial score (nSPS) is 23.3. The van der Waals surface area contributed by atoms with Gasteiger partial charge in [-0.25, -0.2) is 4.98 Å². The van der Waals surface area contributed by atoms with Crippen LogP contribution in [-0.2, 0) is 13.1 Å². The largest absolute Gasteiger partial charge is 0.327 e. The Morgan fingerprint density at radius 3 is 2.85 bits per heavy atom. The van der Waals surface area contributed by atoms with E-state index in [9.17, 15) is 0 Å². The second kappa shape index (κ2) is 5.96. The van der Waals surface area contributed by atoms with Crippen LogP contribution >= 0.6 is 0 Å². The van der Waals surface area contributed by atoms with E-state index in [-0.39, 0.29) is 0 Å². The number of para-hydroxylation sites is 2. The van der Waals surface area contributed by atoms with Gasteiger partial charge in [0.15, 0.2) is 0 Å². The summed E-state index contributed by atoms with van der Waals surface area (Å²) in [5.74, 6) is 1.97. The van der Waals surface area contributed by atoms with Gasteiger partial charge in [-0.2, -0.15) is 0 Å². The highest BCUT2D eigenvalue weighted by atomic mass is 15.1. The molecule has 3 nitrogen and oxygen atoms in total. The Bertz CT molecular complexity index is 573. The Balaban J connectivity index is 1.76. The predicted octanol–water partition coefficient (Wildman–Crippen LogP) is 3.72. The van der Waals surface area contributed by atoms with Crippen LogP contribution in [-0.4, -0.2) is 15.6 Å². The summed E-state index contributed by atoms with van der Waals surface area (Å²) in [6.45, 7) is 6.44. The van der Waals surface area contributed by atoms with E-state index in [1.165, 1.54) is 37.0 Å². The molecule has 1 fully saturated rings. The molecule has 2 aromatic rings. The number of aromatic nitrogens is 2. The van der Waals surface area contributed by atoms with Crippen molar-refractivity contribution in [3.8, 4) is 0 Å². The van der Waals surface area contributed by atoms with Crippen molar-refractivity contribution >= 4 is 11.0 Å². The van der Waals surface area contributed by atoms with Crippen molar-refractivity contribution in [2.24, 2.45) is 5.92 Å². The lowest BCUT2D eigenvalue weighted by atomic mass is 9.86. The Labute approximate surface area is 121 Å². The number of nitrogens with one attached hydrogen (secondary N) is 1. The van der Waals surface area contributed by atoms with Gasteiger partial charge in [0, 0.05) is 12.6 Å². The summed E-state index contributed by atoms with van der Waals surface area (Å²) in [4.78, 5) is 4.79. The maximum Gasteiger partial charge on any atom is 0.123 e. The summed E-state index contributed by atoms with van der Waals surface area (Å²) in [5, 5.41) is 3.74. The molecule has 1 heterocycles. The first-order chi connectivity index (χ1) is 9.79. The lowest BCUT2D eigenvalue weighted by Gasteiger charge is -2.29. The van der Waals surface area contributed by atoms with Crippen LogP contribution in [0.3, 0.4) is 0 Å². The third-order valence-electron chi connectivity index (χ3n) is 4.68. The van der Waals surface area contributed by atoms with Gasteiger partial charge in [-0.15, -0.1) is 0 Å². The van der Waals surface area contributed by atoms with Crippen molar-refractivity contribution < 1.29 is 0 Å². The summed E-state index contributed by atoms with van der Waals surface area (Å²) < 4.78 is 2.33. The molecule has 0 aliphatic heterocycles. The number of aryl methyl sites for hydroxylation is 1. The fraction of sp³-hybridized carbons (Fsp3) is 0.588. The van der Waals surface area contributed by atoms with Crippen molar-refractivity contribution in [3.63, 3.8) is 0 Å². The van der Waals surface area contributed by atoms with Crippen molar-refractivity contribution in [2.75, 3.05) is 0 Å². The number of imidazole rings is 1. The highest BCUT2D eigenvalue weighted by molar-refractivity contribution is 5.75. The lowest BCUT2D eigenvalue weighted by Crippen LogP contribution is -2.37. The van der Waals surface area contributed by atoms with Crippen molar-refractivity contribution in [1.29, 1.82) is 0 Å². The maximum atomic E-state index is 4.79. The monoisotopic (exact) mass is 271 g/mol. The predicted molar refractivity (Wildman–Crippen MR) is 83.7 cm³/mol. The van der Waals surface area contributed by atoms with E-state index in [2.05, 4.69) is 48.0 Å². The molecule has 1 aromatic carbocycles. The average Bonchev–Trinajstić information content (AvgIpc) is 2.84. The van der Waals surface area contributed by atoms with Crippen LogP contribution in [0.5, 0.6) is 0 Å². The van der Waals surface area contributed by atoms with Crippen LogP contribution in [0.2, 0.25) is 0 Å². The summed E-state index contributed by atoms with van der Waals surface area (Å²) >= 11 is 0. The van der Waals surface area contributed by atoms with E-state index >= 15 is 0 Å². The van der Waals surface area contributed by atoms with Gasteiger partial charge < -0.3 is 9.88 Å². The first kappa shape index (κ1) is 13.6. The first-order valence-corrected chi connectivity index (χ1v) is 7.97. The molecule has 3 heteroatoms. The van der Waals surface area contributed by atoms with Gasteiger partial charge >= 0.3 is 0 Å². The van der Waals surface area contributed by atoms with Crippen LogP contribution in [0, 0.1) is 5.92 Å². The van der Waals surface area contributed by atoms with Crippen LogP contribution in [0.4, 0.5) is 0 Å². The van der Waals surface area contributed by atoms with Crippen LogP contribution in [0.25, 0.3) is 11.0 Å². The zero-order valence-electron chi connectivity index (χ0n) is 12.6. The molecule has 2 atom stereocenters. The van der Waals surface area contributed by atoms with Crippen LogP contribution in [0.1, 0.15) is 45.4 Å². The third-order valence-corrected chi connectivity index (χ3v) is 4.68. The van der Waals surface area contributed by atoms with Gasteiger partial charge in [0.1, 0.15) is 5.82 Å². The third kappa shape index (κ3) is 2.59. The minimum atomic E-state index is 0.661. The van der Waals surface area contributed by atoms with Gasteiger partial charge in [-0.1, -0.05) is 31.9 Å². The standard InChI is InChI=1S/C17H25N3/c1-3-20-16-11-7-6-10-15(16)19-17(20)12-18-14-9-5-4-8-13(14)2/h6-7,10-11,13-14,18H,3-5,8-9,12H2,1-2H3. The van der Waals surface area contributed by atoms with Gasteiger partial charge in [0.05, 0.1) is 17.6 Å². The Kier molecular flexibility index (Phi) is 4.06. The summed E-state index contributed by atoms with van der Waals surface area (Å²) in [7, 11) is 0. The molecule has 0 amide bonds. The molecule has 1 aromatic heterocycles. The second-order valence-corrected chi connectivity index (χ2v) is 6.01. The van der Waals surface area contributed by atoms with Gasteiger partial charge in [0.25, 0.3) is 0 Å². The van der Waals surface area contributed by atoms with E-state index < -0.39 is 0 Å². The number of rotatable bonds is 4. The number of hydrogen-bond donors (Lipinski definition) is 1. The topological polar surface area (TPSA) is 29.9 Å². The molecule has 1 N–H and O–H groups in total. The summed E-state index contributed by atoms with van der Waals surface area (Å²) in [6, 6.07) is 9.09. The molecule has 1 aliphatic carbocycles. The Morgan fingerprint density at radius 1 is 1.25 bits per heavy atom. The molecule has 2 unspecified atom stereocenters. The number of benzene rings is 1. The zero-order chi connectivity index (χ0) is 13.9. The minimum absolute atomic E-state index is 0.661. The van der Waals surface area contributed by atoms with E-state index in [1.807, 2.05) is 0 Å². The van der Waals surface area contributed by atoms with Crippen LogP contribution < -0.4 is 5.32 Å². The fourth-order valence-electron chi connectivity index (χ4n) is 3.46. The second-order valence-electron chi connectivity index (χ2n) is 6.01. The van der Waals surface area contributed by atoms with Gasteiger partial charge in [-0.05, 0) is 37.8 Å². The number of fused-ring (bicyclic) bond motifs is 1. The highest BCUT2D eigenvalue weighted by Crippen LogP contribution is 2.24. The van der Waals surface area contributed by atoms with Crippen molar-refractivity contribution in [2.45, 2.75) is 58.7 Å². The zero-order valence-corrected chi connectivity index (χ0v) is 12.6. The SMILES string of the molecule is CCn1c(CNC2CCCCC2C)nc2ccccc21. The van der Waals surface area contributed by atoms with Crippen molar-refractivity contribution in [1.82, 2.24) is 14.9 Å². The van der Waals surface area contributed by atoms with E-state index in [0.29, 0.717) is 6.04 Å². The molecular formula is C17H25N3. The molecule has 1 saturated carbocycles. The quantitative estimate of drug-likeness (QED) is 0.918. The molecular weight excluding hydrogens is 246 g/mol. The molecule has 108 valence electrons. The average molecular weight is 271 g/mol. The Hall–Kier alpha value is -1.35. The Morgan fingerprint density at radius 2 is 2.05 bits per heavy atom. The van der Waals surface area contributed by atoms with Gasteiger partial charge in [-0.3, -0.25) is 0 Å². The number of nitrogens with zero attached hydrogens (tertiary/aromatic N) is 2. The molecule has 3 rings (SSSR count). The van der Waals surface area contributed by atoms with Crippen molar-refractivity contribution in [3.05, 3.63) is 30.1 Å². The molecule has 0 saturated heterocycles. The highest BCUT2D eigenvalue weighted by Gasteiger charge is 2.21. The minimum Gasteiger partial charge on any atom is -0.327 e. The molecule has 0 radical (unpaired) electrons. The fourth-order valence-corrected chi connectivity index (χ4v) is 3.46. The number of hydrogen-bond acceptors (Lipinski definition) is 2. The van der Waals surface area contributed by atoms with E-state index in [0.717, 1.165) is 24.5 Å². The smallest absolute Gasteiger partial charge is 0.123 e. The molecule has 0 spiro atoms.